The zero-order chi connectivity index (χ0) is 13.8. The molecule has 0 saturated carbocycles. The summed E-state index contributed by atoms with van der Waals surface area (Å²) in [6.45, 7) is 10.2. The fourth-order valence-corrected chi connectivity index (χ4v) is 3.16. The minimum Gasteiger partial charge on any atom is -0.368 e. The fraction of sp³-hybridized carbons (Fsp3) is 0.625. The molecule has 0 bridgehead atoms. The third kappa shape index (κ3) is 3.47. The van der Waals surface area contributed by atoms with Gasteiger partial charge in [-0.3, -0.25) is 0 Å². The molecule has 3 heteroatoms. The highest BCUT2D eigenvalue weighted by Crippen LogP contribution is 2.31. The van der Waals surface area contributed by atoms with Crippen molar-refractivity contribution in [1.29, 1.82) is 0 Å². The van der Waals surface area contributed by atoms with Gasteiger partial charge in [-0.15, -0.1) is 0 Å². The van der Waals surface area contributed by atoms with Crippen LogP contribution in [-0.4, -0.2) is 19.6 Å². The lowest BCUT2D eigenvalue weighted by Gasteiger charge is -2.37. The van der Waals surface area contributed by atoms with Crippen LogP contribution in [0.25, 0.3) is 0 Å². The Morgan fingerprint density at radius 2 is 1.95 bits per heavy atom. The van der Waals surface area contributed by atoms with Gasteiger partial charge >= 0.3 is 0 Å². The first kappa shape index (κ1) is 14.3. The van der Waals surface area contributed by atoms with Crippen molar-refractivity contribution in [3.05, 3.63) is 29.6 Å². The molecule has 1 aliphatic heterocycles. The van der Waals surface area contributed by atoms with E-state index in [1.54, 1.807) is 6.07 Å². The number of nitrogens with one attached hydrogen (secondary N) is 1. The van der Waals surface area contributed by atoms with Crippen LogP contribution in [0.5, 0.6) is 0 Å². The SMILES string of the molecule is CCNCc1cccc(F)c1N1CC(C)CC(C)C1. The number of piperidine rings is 1. The predicted molar refractivity (Wildman–Crippen MR) is 78.9 cm³/mol. The highest BCUT2D eigenvalue weighted by Gasteiger charge is 2.25. The van der Waals surface area contributed by atoms with Gasteiger partial charge in [-0.2, -0.15) is 0 Å². The van der Waals surface area contributed by atoms with Gasteiger partial charge in [-0.1, -0.05) is 32.9 Å². The van der Waals surface area contributed by atoms with Crippen LogP contribution in [0.1, 0.15) is 32.8 Å². The van der Waals surface area contributed by atoms with Crippen LogP contribution in [0.2, 0.25) is 0 Å². The lowest BCUT2D eigenvalue weighted by atomic mass is 9.91. The number of rotatable bonds is 4. The van der Waals surface area contributed by atoms with E-state index in [-0.39, 0.29) is 5.82 Å². The molecule has 1 heterocycles. The van der Waals surface area contributed by atoms with Crippen molar-refractivity contribution >= 4 is 5.69 Å². The number of hydrogen-bond acceptors (Lipinski definition) is 2. The van der Waals surface area contributed by atoms with Crippen LogP contribution in [0.15, 0.2) is 18.2 Å². The third-order valence-corrected chi connectivity index (χ3v) is 3.82. The molecule has 1 N–H and O–H groups in total. The normalized spacial score (nSPS) is 23.7. The van der Waals surface area contributed by atoms with E-state index < -0.39 is 0 Å². The molecule has 1 aromatic carbocycles. The molecule has 106 valence electrons. The monoisotopic (exact) mass is 264 g/mol. The molecule has 2 rings (SSSR count). The van der Waals surface area contributed by atoms with Crippen LogP contribution in [-0.2, 0) is 6.54 Å². The van der Waals surface area contributed by atoms with E-state index in [1.165, 1.54) is 6.42 Å². The standard InChI is InChI=1S/C16H25FN2/c1-4-18-9-14-6-5-7-15(17)16(14)19-10-12(2)8-13(3)11-19/h5-7,12-13,18H,4,8-11H2,1-3H3. The summed E-state index contributed by atoms with van der Waals surface area (Å²) in [6, 6.07) is 5.42. The van der Waals surface area contributed by atoms with E-state index in [9.17, 15) is 4.39 Å². The second-order valence-corrected chi connectivity index (χ2v) is 5.88. The fourth-order valence-electron chi connectivity index (χ4n) is 3.16. The summed E-state index contributed by atoms with van der Waals surface area (Å²) in [5, 5.41) is 3.30. The lowest BCUT2D eigenvalue weighted by Crippen LogP contribution is -2.40. The first-order valence-corrected chi connectivity index (χ1v) is 7.34. The summed E-state index contributed by atoms with van der Waals surface area (Å²) >= 11 is 0. The maximum Gasteiger partial charge on any atom is 0.146 e. The highest BCUT2D eigenvalue weighted by molar-refractivity contribution is 5.55. The molecule has 0 aliphatic carbocycles. The summed E-state index contributed by atoms with van der Waals surface area (Å²) in [6.07, 6.45) is 1.24. The number of halogens is 1. The van der Waals surface area contributed by atoms with Gasteiger partial charge in [0.05, 0.1) is 5.69 Å². The Bertz CT molecular complexity index is 409. The quantitative estimate of drug-likeness (QED) is 0.896. The van der Waals surface area contributed by atoms with Crippen molar-refractivity contribution in [3.63, 3.8) is 0 Å². The van der Waals surface area contributed by atoms with Gasteiger partial charge in [0, 0.05) is 19.6 Å². The molecule has 1 saturated heterocycles. The van der Waals surface area contributed by atoms with Crippen LogP contribution in [0.4, 0.5) is 10.1 Å². The Balaban J connectivity index is 2.26. The first-order chi connectivity index (χ1) is 9.11. The number of nitrogens with zero attached hydrogens (tertiary/aromatic N) is 1. The number of para-hydroxylation sites is 1. The summed E-state index contributed by atoms with van der Waals surface area (Å²) in [7, 11) is 0. The van der Waals surface area contributed by atoms with E-state index in [1.807, 2.05) is 12.1 Å². The Hall–Kier alpha value is -1.09. The molecule has 2 atom stereocenters. The molecule has 0 aromatic heterocycles. The minimum atomic E-state index is -0.0864. The Kier molecular flexibility index (Phi) is 4.81. The Morgan fingerprint density at radius 1 is 1.26 bits per heavy atom. The molecule has 2 nitrogen and oxygen atoms in total. The van der Waals surface area contributed by atoms with E-state index in [0.717, 1.165) is 37.4 Å². The first-order valence-electron chi connectivity index (χ1n) is 7.34. The van der Waals surface area contributed by atoms with Gasteiger partial charge in [0.25, 0.3) is 0 Å². The zero-order valence-corrected chi connectivity index (χ0v) is 12.2. The van der Waals surface area contributed by atoms with Gasteiger partial charge in [0.1, 0.15) is 5.82 Å². The lowest BCUT2D eigenvalue weighted by molar-refractivity contribution is 0.354. The minimum absolute atomic E-state index is 0.0864. The van der Waals surface area contributed by atoms with Gasteiger partial charge in [0.15, 0.2) is 0 Å². The Labute approximate surface area is 116 Å². The van der Waals surface area contributed by atoms with E-state index in [0.29, 0.717) is 11.8 Å². The van der Waals surface area contributed by atoms with Crippen molar-refractivity contribution in [2.45, 2.75) is 33.7 Å². The number of hydrogen-bond donors (Lipinski definition) is 1. The molecule has 1 aliphatic rings. The second-order valence-electron chi connectivity index (χ2n) is 5.88. The summed E-state index contributed by atoms with van der Waals surface area (Å²) < 4.78 is 14.2. The van der Waals surface area contributed by atoms with Crippen molar-refractivity contribution < 1.29 is 4.39 Å². The maximum atomic E-state index is 14.2. The molecule has 19 heavy (non-hydrogen) atoms. The van der Waals surface area contributed by atoms with Crippen LogP contribution < -0.4 is 10.2 Å². The van der Waals surface area contributed by atoms with Crippen LogP contribution >= 0.6 is 0 Å². The molecule has 0 spiro atoms. The van der Waals surface area contributed by atoms with Crippen molar-refractivity contribution in [2.24, 2.45) is 11.8 Å². The van der Waals surface area contributed by atoms with Crippen LogP contribution in [0, 0.1) is 17.7 Å². The largest absolute Gasteiger partial charge is 0.368 e. The maximum absolute atomic E-state index is 14.2. The highest BCUT2D eigenvalue weighted by atomic mass is 19.1. The molecule has 1 aromatic rings. The summed E-state index contributed by atoms with van der Waals surface area (Å²) in [4.78, 5) is 2.24. The molecule has 2 unspecified atom stereocenters. The van der Waals surface area contributed by atoms with E-state index >= 15 is 0 Å². The molecule has 1 fully saturated rings. The topological polar surface area (TPSA) is 15.3 Å². The average Bonchev–Trinajstić information content (AvgIpc) is 2.35. The van der Waals surface area contributed by atoms with Crippen molar-refractivity contribution in [3.8, 4) is 0 Å². The average molecular weight is 264 g/mol. The van der Waals surface area contributed by atoms with Gasteiger partial charge < -0.3 is 10.2 Å². The zero-order valence-electron chi connectivity index (χ0n) is 12.2. The third-order valence-electron chi connectivity index (χ3n) is 3.82. The van der Waals surface area contributed by atoms with Crippen molar-refractivity contribution in [1.82, 2.24) is 5.32 Å². The van der Waals surface area contributed by atoms with Crippen LogP contribution in [0.3, 0.4) is 0 Å². The van der Waals surface area contributed by atoms with Gasteiger partial charge in [0.2, 0.25) is 0 Å². The number of anilines is 1. The summed E-state index contributed by atoms with van der Waals surface area (Å²) in [5.74, 6) is 1.18. The second kappa shape index (κ2) is 6.38. The predicted octanol–water partition coefficient (Wildman–Crippen LogP) is 3.42. The Morgan fingerprint density at radius 3 is 2.58 bits per heavy atom. The molecular weight excluding hydrogens is 239 g/mol. The summed E-state index contributed by atoms with van der Waals surface area (Å²) in [5.41, 5.74) is 1.88. The van der Waals surface area contributed by atoms with Gasteiger partial charge in [-0.25, -0.2) is 4.39 Å². The molecule has 0 amide bonds. The van der Waals surface area contributed by atoms with E-state index in [2.05, 4.69) is 31.0 Å². The number of benzene rings is 1. The molecule has 0 radical (unpaired) electrons. The van der Waals surface area contributed by atoms with E-state index in [4.69, 9.17) is 0 Å². The molecular formula is C16H25FN2. The van der Waals surface area contributed by atoms with Gasteiger partial charge in [-0.05, 0) is 36.4 Å². The smallest absolute Gasteiger partial charge is 0.146 e. The van der Waals surface area contributed by atoms with Crippen molar-refractivity contribution in [2.75, 3.05) is 24.5 Å².